The lowest BCUT2D eigenvalue weighted by molar-refractivity contribution is -0.138. The van der Waals surface area contributed by atoms with Crippen molar-refractivity contribution in [2.45, 2.75) is 19.6 Å². The molecule has 0 saturated carbocycles. The van der Waals surface area contributed by atoms with Crippen molar-refractivity contribution in [1.82, 2.24) is 9.80 Å². The summed E-state index contributed by atoms with van der Waals surface area (Å²) >= 11 is 0. The molecule has 31 heavy (non-hydrogen) atoms. The van der Waals surface area contributed by atoms with Gasteiger partial charge < -0.3 is 9.64 Å². The maximum atomic E-state index is 12.6. The molecule has 160 valence electrons. The Bertz CT molecular complexity index is 950. The van der Waals surface area contributed by atoms with Gasteiger partial charge in [0.1, 0.15) is 6.61 Å². The SMILES string of the molecule is Cc1ccc([C@@H](c2ccccc2)N2CCN(C(=O)COCc3ccccc3)CC2)cc1. The fourth-order valence-corrected chi connectivity index (χ4v) is 4.15. The van der Waals surface area contributed by atoms with Crippen LogP contribution in [0.4, 0.5) is 0 Å². The van der Waals surface area contributed by atoms with Crippen molar-refractivity contribution in [3.63, 3.8) is 0 Å². The Kier molecular flexibility index (Phi) is 7.13. The first-order chi connectivity index (χ1) is 15.2. The van der Waals surface area contributed by atoms with Crippen LogP contribution in [0.5, 0.6) is 0 Å². The van der Waals surface area contributed by atoms with Crippen molar-refractivity contribution in [2.75, 3.05) is 32.8 Å². The fourth-order valence-electron chi connectivity index (χ4n) is 4.15. The zero-order chi connectivity index (χ0) is 21.5. The highest BCUT2D eigenvalue weighted by Gasteiger charge is 2.28. The minimum atomic E-state index is 0.0715. The quantitative estimate of drug-likeness (QED) is 0.573. The number of ether oxygens (including phenoxy) is 1. The average Bonchev–Trinajstić information content (AvgIpc) is 2.82. The molecule has 1 saturated heterocycles. The third-order valence-corrected chi connectivity index (χ3v) is 5.88. The molecule has 1 aliphatic heterocycles. The van der Waals surface area contributed by atoms with Crippen molar-refractivity contribution in [3.05, 3.63) is 107 Å². The largest absolute Gasteiger partial charge is 0.367 e. The number of hydrogen-bond donors (Lipinski definition) is 0. The van der Waals surface area contributed by atoms with Crippen molar-refractivity contribution in [1.29, 1.82) is 0 Å². The van der Waals surface area contributed by atoms with E-state index in [0.29, 0.717) is 6.61 Å². The summed E-state index contributed by atoms with van der Waals surface area (Å²) < 4.78 is 5.65. The zero-order valence-corrected chi connectivity index (χ0v) is 18.1. The maximum Gasteiger partial charge on any atom is 0.248 e. The molecule has 0 unspecified atom stereocenters. The summed E-state index contributed by atoms with van der Waals surface area (Å²) in [7, 11) is 0. The molecule has 0 radical (unpaired) electrons. The van der Waals surface area contributed by atoms with E-state index in [9.17, 15) is 4.79 Å². The summed E-state index contributed by atoms with van der Waals surface area (Å²) in [6.07, 6.45) is 0. The van der Waals surface area contributed by atoms with Crippen LogP contribution < -0.4 is 0 Å². The number of benzene rings is 3. The highest BCUT2D eigenvalue weighted by atomic mass is 16.5. The van der Waals surface area contributed by atoms with E-state index in [0.717, 1.165) is 31.7 Å². The summed E-state index contributed by atoms with van der Waals surface area (Å²) in [4.78, 5) is 17.0. The highest BCUT2D eigenvalue weighted by molar-refractivity contribution is 5.77. The third kappa shape index (κ3) is 5.60. The van der Waals surface area contributed by atoms with Gasteiger partial charge in [-0.2, -0.15) is 0 Å². The van der Waals surface area contributed by atoms with Crippen LogP contribution in [0.3, 0.4) is 0 Å². The summed E-state index contributed by atoms with van der Waals surface area (Å²) in [5.41, 5.74) is 4.94. The van der Waals surface area contributed by atoms with Crippen LogP contribution in [0, 0.1) is 6.92 Å². The second-order valence-electron chi connectivity index (χ2n) is 8.12. The number of carbonyl (C=O) groups is 1. The molecule has 0 aromatic heterocycles. The molecule has 0 N–H and O–H groups in total. The van der Waals surface area contributed by atoms with E-state index in [2.05, 4.69) is 66.4 Å². The number of hydrogen-bond acceptors (Lipinski definition) is 3. The van der Waals surface area contributed by atoms with Crippen LogP contribution in [0.1, 0.15) is 28.3 Å². The molecule has 1 amide bonds. The predicted molar refractivity (Wildman–Crippen MR) is 124 cm³/mol. The summed E-state index contributed by atoms with van der Waals surface area (Å²) in [6, 6.07) is 29.6. The van der Waals surface area contributed by atoms with E-state index in [1.54, 1.807) is 0 Å². The smallest absolute Gasteiger partial charge is 0.248 e. The third-order valence-electron chi connectivity index (χ3n) is 5.88. The van der Waals surface area contributed by atoms with E-state index in [1.165, 1.54) is 16.7 Å². The Morgan fingerprint density at radius 1 is 0.806 bits per heavy atom. The standard InChI is InChI=1S/C27H30N2O2/c1-22-12-14-25(15-13-22)27(24-10-6-3-7-11-24)29-18-16-28(17-19-29)26(30)21-31-20-23-8-4-2-5-9-23/h2-15,27H,16-21H2,1H3/t27-/m1/s1. The monoisotopic (exact) mass is 414 g/mol. The minimum Gasteiger partial charge on any atom is -0.367 e. The highest BCUT2D eigenvalue weighted by Crippen LogP contribution is 2.29. The van der Waals surface area contributed by atoms with Gasteiger partial charge >= 0.3 is 0 Å². The van der Waals surface area contributed by atoms with Crippen molar-refractivity contribution >= 4 is 5.91 Å². The number of rotatable bonds is 7. The molecule has 1 atom stereocenters. The van der Waals surface area contributed by atoms with Gasteiger partial charge in [-0.1, -0.05) is 90.5 Å². The van der Waals surface area contributed by atoms with Gasteiger partial charge in [0.25, 0.3) is 0 Å². The van der Waals surface area contributed by atoms with E-state index in [4.69, 9.17) is 4.74 Å². The lowest BCUT2D eigenvalue weighted by atomic mass is 9.95. The molecular formula is C27H30N2O2. The summed E-state index contributed by atoms with van der Waals surface area (Å²) in [6.45, 7) is 5.86. The van der Waals surface area contributed by atoms with Gasteiger partial charge in [0, 0.05) is 26.2 Å². The van der Waals surface area contributed by atoms with Crippen LogP contribution in [-0.4, -0.2) is 48.5 Å². The molecule has 4 rings (SSSR count). The topological polar surface area (TPSA) is 32.8 Å². The van der Waals surface area contributed by atoms with Crippen LogP contribution in [-0.2, 0) is 16.1 Å². The molecule has 4 nitrogen and oxygen atoms in total. The lowest BCUT2D eigenvalue weighted by Gasteiger charge is -2.39. The van der Waals surface area contributed by atoms with Crippen LogP contribution in [0.15, 0.2) is 84.9 Å². The first kappa shape index (κ1) is 21.3. The van der Waals surface area contributed by atoms with Crippen molar-refractivity contribution in [2.24, 2.45) is 0 Å². The van der Waals surface area contributed by atoms with Gasteiger partial charge in [-0.15, -0.1) is 0 Å². The number of aryl methyl sites for hydroxylation is 1. The van der Waals surface area contributed by atoms with E-state index >= 15 is 0 Å². The average molecular weight is 415 g/mol. The second-order valence-corrected chi connectivity index (χ2v) is 8.12. The Labute approximate surface area is 185 Å². The minimum absolute atomic E-state index is 0.0715. The van der Waals surface area contributed by atoms with Crippen LogP contribution in [0.2, 0.25) is 0 Å². The Morgan fingerprint density at radius 3 is 2.03 bits per heavy atom. The first-order valence-electron chi connectivity index (χ1n) is 11.0. The molecule has 0 bridgehead atoms. The summed E-state index contributed by atoms with van der Waals surface area (Å²) in [5.74, 6) is 0.0715. The molecule has 3 aromatic carbocycles. The Morgan fingerprint density at radius 2 is 1.39 bits per heavy atom. The zero-order valence-electron chi connectivity index (χ0n) is 18.1. The van der Waals surface area contributed by atoms with Gasteiger partial charge in [-0.05, 0) is 23.6 Å². The van der Waals surface area contributed by atoms with E-state index < -0.39 is 0 Å². The number of nitrogens with zero attached hydrogens (tertiary/aromatic N) is 2. The van der Waals surface area contributed by atoms with Crippen LogP contribution in [0.25, 0.3) is 0 Å². The summed E-state index contributed by atoms with van der Waals surface area (Å²) in [5, 5.41) is 0. The Balaban J connectivity index is 1.36. The maximum absolute atomic E-state index is 12.6. The molecule has 1 heterocycles. The first-order valence-corrected chi connectivity index (χ1v) is 11.0. The van der Waals surface area contributed by atoms with Gasteiger partial charge in [0.15, 0.2) is 0 Å². The number of amides is 1. The number of piperazine rings is 1. The second kappa shape index (κ2) is 10.4. The van der Waals surface area contributed by atoms with Gasteiger partial charge in [-0.25, -0.2) is 0 Å². The van der Waals surface area contributed by atoms with Gasteiger partial charge in [-0.3, -0.25) is 9.69 Å². The lowest BCUT2D eigenvalue weighted by Crippen LogP contribution is -2.50. The molecule has 0 aliphatic carbocycles. The normalized spacial score (nSPS) is 15.6. The fraction of sp³-hybridized carbons (Fsp3) is 0.296. The molecular weight excluding hydrogens is 384 g/mol. The van der Waals surface area contributed by atoms with Crippen molar-refractivity contribution < 1.29 is 9.53 Å². The van der Waals surface area contributed by atoms with E-state index in [-0.39, 0.29) is 18.6 Å². The molecule has 0 spiro atoms. The van der Waals surface area contributed by atoms with Crippen molar-refractivity contribution in [3.8, 4) is 0 Å². The predicted octanol–water partition coefficient (Wildman–Crippen LogP) is 4.45. The van der Waals surface area contributed by atoms with Gasteiger partial charge in [0.2, 0.25) is 5.91 Å². The molecule has 1 aliphatic rings. The molecule has 1 fully saturated rings. The van der Waals surface area contributed by atoms with Crippen LogP contribution >= 0.6 is 0 Å². The van der Waals surface area contributed by atoms with E-state index in [1.807, 2.05) is 35.2 Å². The number of carbonyl (C=O) groups excluding carboxylic acids is 1. The van der Waals surface area contributed by atoms with Gasteiger partial charge in [0.05, 0.1) is 12.6 Å². The Hall–Kier alpha value is -2.95. The molecule has 3 aromatic rings. The molecule has 4 heteroatoms.